The third-order valence-corrected chi connectivity index (χ3v) is 4.39. The van der Waals surface area contributed by atoms with Crippen molar-refractivity contribution in [3.8, 4) is 0 Å². The van der Waals surface area contributed by atoms with Gasteiger partial charge in [-0.2, -0.15) is 0 Å². The molecule has 0 unspecified atom stereocenters. The Bertz CT molecular complexity index is 1110. The maximum absolute atomic E-state index is 12.1. The van der Waals surface area contributed by atoms with Crippen molar-refractivity contribution in [2.24, 2.45) is 5.14 Å². The Morgan fingerprint density at radius 2 is 1.89 bits per heavy atom. The Morgan fingerprint density at radius 3 is 2.39 bits per heavy atom. The molecule has 0 spiro atoms. The van der Waals surface area contributed by atoms with Gasteiger partial charge in [0, 0.05) is 18.0 Å². The highest BCUT2D eigenvalue weighted by Gasteiger charge is 2.21. The van der Waals surface area contributed by atoms with Crippen LogP contribution in [0.15, 0.2) is 46.2 Å². The number of ether oxygens (including phenoxy) is 1. The molecule has 28 heavy (non-hydrogen) atoms. The lowest BCUT2D eigenvalue weighted by atomic mass is 10.2. The van der Waals surface area contributed by atoms with Crippen molar-refractivity contribution >= 4 is 33.3 Å². The maximum Gasteiger partial charge on any atom is 0.339 e. The van der Waals surface area contributed by atoms with E-state index in [1.807, 2.05) is 0 Å². The summed E-state index contributed by atoms with van der Waals surface area (Å²) < 4.78 is 27.6. The number of benzene rings is 1. The van der Waals surface area contributed by atoms with E-state index in [-0.39, 0.29) is 16.1 Å². The number of rotatable bonds is 6. The number of carbonyl (C=O) groups excluding carboxylic acids is 2. The number of methoxy groups -OCH3 is 1. The molecule has 0 aliphatic carbocycles. The minimum atomic E-state index is -3.90. The first kappa shape index (κ1) is 20.7. The standard InChI is InChI=1S/C15H14N4O8S/c1-27-15(22)9-6-12(19(23)24)14(21)18(7-9)8-13(20)17-10-2-4-11(5-3-10)28(16,25)26/h2-7H,8H2,1H3,(H,17,20)(H2,16,25,26). The summed E-state index contributed by atoms with van der Waals surface area (Å²) in [5, 5.41) is 18.4. The van der Waals surface area contributed by atoms with E-state index < -0.39 is 44.6 Å². The molecule has 1 aromatic carbocycles. The molecular weight excluding hydrogens is 396 g/mol. The number of hydrogen-bond donors (Lipinski definition) is 2. The number of sulfonamides is 1. The first-order valence-corrected chi connectivity index (χ1v) is 8.97. The molecular formula is C15H14N4O8S. The van der Waals surface area contributed by atoms with Crippen molar-refractivity contribution in [3.63, 3.8) is 0 Å². The molecule has 0 fully saturated rings. The minimum absolute atomic E-state index is 0.164. The Kier molecular flexibility index (Phi) is 5.90. The first-order valence-electron chi connectivity index (χ1n) is 7.43. The summed E-state index contributed by atoms with van der Waals surface area (Å²) in [6.45, 7) is -0.637. The Hall–Kier alpha value is -3.58. The SMILES string of the molecule is COC(=O)c1cc([N+](=O)[O-])c(=O)n(CC(=O)Nc2ccc(S(N)(=O)=O)cc2)c1. The topological polar surface area (TPSA) is 181 Å². The third-order valence-electron chi connectivity index (χ3n) is 3.47. The van der Waals surface area contributed by atoms with E-state index in [1.165, 1.54) is 24.3 Å². The Balaban J connectivity index is 2.28. The highest BCUT2D eigenvalue weighted by atomic mass is 32.2. The fourth-order valence-corrected chi connectivity index (χ4v) is 2.70. The number of aromatic nitrogens is 1. The van der Waals surface area contributed by atoms with Gasteiger partial charge in [-0.1, -0.05) is 0 Å². The summed E-state index contributed by atoms with van der Waals surface area (Å²) in [4.78, 5) is 45.8. The fourth-order valence-electron chi connectivity index (χ4n) is 2.18. The molecule has 0 atom stereocenters. The molecule has 0 aliphatic heterocycles. The smallest absolute Gasteiger partial charge is 0.339 e. The van der Waals surface area contributed by atoms with Gasteiger partial charge >= 0.3 is 17.2 Å². The number of amides is 1. The number of nitrogens with zero attached hydrogens (tertiary/aromatic N) is 2. The second kappa shape index (κ2) is 7.98. The number of nitrogens with two attached hydrogens (primary N) is 1. The van der Waals surface area contributed by atoms with E-state index in [0.717, 1.165) is 19.4 Å². The third kappa shape index (κ3) is 4.77. The van der Waals surface area contributed by atoms with E-state index in [1.54, 1.807) is 0 Å². The van der Waals surface area contributed by atoms with Gasteiger partial charge in [-0.15, -0.1) is 0 Å². The van der Waals surface area contributed by atoms with Gasteiger partial charge in [0.25, 0.3) is 0 Å². The minimum Gasteiger partial charge on any atom is -0.465 e. The van der Waals surface area contributed by atoms with Crippen molar-refractivity contribution in [1.29, 1.82) is 0 Å². The zero-order valence-corrected chi connectivity index (χ0v) is 15.1. The van der Waals surface area contributed by atoms with E-state index in [9.17, 15) is 32.9 Å². The molecule has 0 bridgehead atoms. The molecule has 3 N–H and O–H groups in total. The van der Waals surface area contributed by atoms with Gasteiger partial charge in [0.05, 0.1) is 22.5 Å². The van der Waals surface area contributed by atoms with Crippen LogP contribution in [0.25, 0.3) is 0 Å². The Labute approximate surface area is 157 Å². The van der Waals surface area contributed by atoms with Gasteiger partial charge in [-0.3, -0.25) is 24.3 Å². The summed E-state index contributed by atoms with van der Waals surface area (Å²) in [6.07, 6.45) is 0.963. The van der Waals surface area contributed by atoms with Crippen LogP contribution in [0.1, 0.15) is 10.4 Å². The average Bonchev–Trinajstić information content (AvgIpc) is 2.62. The monoisotopic (exact) mass is 410 g/mol. The van der Waals surface area contributed by atoms with Crippen molar-refractivity contribution < 1.29 is 27.7 Å². The second-order valence-electron chi connectivity index (χ2n) is 5.41. The summed E-state index contributed by atoms with van der Waals surface area (Å²) in [5.74, 6) is -1.67. The van der Waals surface area contributed by atoms with Crippen LogP contribution in [-0.2, 0) is 26.1 Å². The lowest BCUT2D eigenvalue weighted by molar-refractivity contribution is -0.386. The van der Waals surface area contributed by atoms with Gasteiger partial charge in [0.15, 0.2) is 0 Å². The lowest BCUT2D eigenvalue weighted by Crippen LogP contribution is -2.29. The van der Waals surface area contributed by atoms with Crippen molar-refractivity contribution in [3.05, 3.63) is 62.6 Å². The van der Waals surface area contributed by atoms with Crippen molar-refractivity contribution in [2.45, 2.75) is 11.4 Å². The fraction of sp³-hybridized carbons (Fsp3) is 0.133. The second-order valence-corrected chi connectivity index (χ2v) is 6.97. The molecule has 0 radical (unpaired) electrons. The molecule has 13 heteroatoms. The zero-order chi connectivity index (χ0) is 21.1. The number of nitrogens with one attached hydrogen (secondary N) is 1. The van der Waals surface area contributed by atoms with Crippen molar-refractivity contribution in [2.75, 3.05) is 12.4 Å². The summed E-state index contributed by atoms with van der Waals surface area (Å²) in [6, 6.07) is 5.63. The number of anilines is 1. The molecule has 0 aliphatic rings. The Morgan fingerprint density at radius 1 is 1.29 bits per heavy atom. The molecule has 1 heterocycles. The van der Waals surface area contributed by atoms with Gasteiger partial charge < -0.3 is 10.1 Å². The van der Waals surface area contributed by atoms with Gasteiger partial charge in [0.1, 0.15) is 6.54 Å². The molecule has 0 saturated carbocycles. The lowest BCUT2D eigenvalue weighted by Gasteiger charge is -2.09. The van der Waals surface area contributed by atoms with Gasteiger partial charge in [0.2, 0.25) is 15.9 Å². The summed E-state index contributed by atoms with van der Waals surface area (Å²) in [5.41, 5.74) is -2.06. The highest BCUT2D eigenvalue weighted by molar-refractivity contribution is 7.89. The quantitative estimate of drug-likeness (QED) is 0.374. The van der Waals surface area contributed by atoms with Crippen LogP contribution in [0.4, 0.5) is 11.4 Å². The molecule has 148 valence electrons. The molecule has 1 aromatic heterocycles. The predicted molar refractivity (Wildman–Crippen MR) is 95.1 cm³/mol. The van der Waals surface area contributed by atoms with E-state index in [4.69, 9.17) is 5.14 Å². The number of carbonyl (C=O) groups is 2. The van der Waals surface area contributed by atoms with Crippen LogP contribution in [-0.4, -0.2) is 36.9 Å². The van der Waals surface area contributed by atoms with E-state index >= 15 is 0 Å². The summed E-state index contributed by atoms with van der Waals surface area (Å²) >= 11 is 0. The normalized spacial score (nSPS) is 10.9. The number of pyridine rings is 1. The van der Waals surface area contributed by atoms with Crippen LogP contribution < -0.4 is 16.0 Å². The molecule has 1 amide bonds. The first-order chi connectivity index (χ1) is 13.0. The van der Waals surface area contributed by atoms with Crippen LogP contribution in [0.5, 0.6) is 0 Å². The van der Waals surface area contributed by atoms with Crippen LogP contribution in [0, 0.1) is 10.1 Å². The van der Waals surface area contributed by atoms with E-state index in [2.05, 4.69) is 10.1 Å². The molecule has 2 aromatic rings. The number of primary sulfonamides is 1. The summed E-state index contributed by atoms with van der Waals surface area (Å²) in [7, 11) is -2.84. The van der Waals surface area contributed by atoms with E-state index in [0.29, 0.717) is 4.57 Å². The maximum atomic E-state index is 12.1. The van der Waals surface area contributed by atoms with Crippen LogP contribution >= 0.6 is 0 Å². The molecule has 2 rings (SSSR count). The highest BCUT2D eigenvalue weighted by Crippen LogP contribution is 2.13. The van der Waals surface area contributed by atoms with Crippen molar-refractivity contribution in [1.82, 2.24) is 4.57 Å². The molecule has 0 saturated heterocycles. The average molecular weight is 410 g/mol. The number of hydrogen-bond acceptors (Lipinski definition) is 8. The zero-order valence-electron chi connectivity index (χ0n) is 14.3. The molecule has 12 nitrogen and oxygen atoms in total. The largest absolute Gasteiger partial charge is 0.465 e. The van der Waals surface area contributed by atoms with Crippen LogP contribution in [0.2, 0.25) is 0 Å². The van der Waals surface area contributed by atoms with Gasteiger partial charge in [-0.25, -0.2) is 18.4 Å². The van der Waals surface area contributed by atoms with Crippen LogP contribution in [0.3, 0.4) is 0 Å². The predicted octanol–water partition coefficient (Wildman–Crippen LogP) is -0.171. The number of nitro groups is 1. The number of esters is 1. The van der Waals surface area contributed by atoms with Gasteiger partial charge in [-0.05, 0) is 24.3 Å².